The highest BCUT2D eigenvalue weighted by Gasteiger charge is 2.37. The van der Waals surface area contributed by atoms with Crippen LogP contribution in [0.1, 0.15) is 31.8 Å². The van der Waals surface area contributed by atoms with Gasteiger partial charge in [0.2, 0.25) is 0 Å². The summed E-state index contributed by atoms with van der Waals surface area (Å²) in [5.74, 6) is -1.27. The van der Waals surface area contributed by atoms with Crippen LogP contribution in [0.25, 0.3) is 0 Å². The molecule has 0 bridgehead atoms. The normalized spacial score (nSPS) is 12.5. The van der Waals surface area contributed by atoms with Crippen LogP contribution in [0.2, 0.25) is 10.0 Å². The Balaban J connectivity index is 1.96. The van der Waals surface area contributed by atoms with E-state index in [-0.39, 0.29) is 38.0 Å². The van der Waals surface area contributed by atoms with Crippen molar-refractivity contribution in [1.29, 1.82) is 0 Å². The number of phenolic OH excluding ortho intramolecular Hbond substituents is 1. The molecule has 4 nitrogen and oxygen atoms in total. The molecule has 3 aromatic rings. The second-order valence-electron chi connectivity index (χ2n) is 5.81. The number of nitrogens with one attached hydrogen (secondary N) is 1. The molecule has 26 heavy (non-hydrogen) atoms. The zero-order chi connectivity index (χ0) is 18.4. The lowest BCUT2D eigenvalue weighted by Gasteiger charge is -2.23. The van der Waals surface area contributed by atoms with Crippen LogP contribution in [0.5, 0.6) is 5.75 Å². The van der Waals surface area contributed by atoms with Crippen LogP contribution in [-0.4, -0.2) is 16.7 Å². The van der Waals surface area contributed by atoms with Gasteiger partial charge in [-0.2, -0.15) is 0 Å². The molecule has 0 heterocycles. The Morgan fingerprint density at radius 1 is 0.692 bits per heavy atom. The second-order valence-corrected chi connectivity index (χ2v) is 6.63. The van der Waals surface area contributed by atoms with Gasteiger partial charge in [-0.05, 0) is 36.4 Å². The Kier molecular flexibility index (Phi) is 3.94. The first kappa shape index (κ1) is 16.6. The Morgan fingerprint density at radius 3 is 1.88 bits per heavy atom. The Hall–Kier alpha value is -2.82. The van der Waals surface area contributed by atoms with Gasteiger partial charge in [0.25, 0.3) is 0 Å². The summed E-state index contributed by atoms with van der Waals surface area (Å²) in [6, 6.07) is 15.1. The zero-order valence-electron chi connectivity index (χ0n) is 13.2. The first-order chi connectivity index (χ1) is 12.5. The maximum Gasteiger partial charge on any atom is 0.199 e. The maximum absolute atomic E-state index is 13.1. The molecule has 1 aliphatic rings. The van der Waals surface area contributed by atoms with Gasteiger partial charge in [-0.3, -0.25) is 9.59 Å². The van der Waals surface area contributed by atoms with E-state index < -0.39 is 11.6 Å². The fourth-order valence-electron chi connectivity index (χ4n) is 3.08. The fraction of sp³-hybridized carbons (Fsp3) is 0. The van der Waals surface area contributed by atoms with Crippen molar-refractivity contribution in [3.8, 4) is 5.75 Å². The van der Waals surface area contributed by atoms with Crippen molar-refractivity contribution in [3.63, 3.8) is 0 Å². The molecular weight excluding hydrogens is 373 g/mol. The minimum Gasteiger partial charge on any atom is -0.507 e. The van der Waals surface area contributed by atoms with Gasteiger partial charge in [0.1, 0.15) is 5.75 Å². The van der Waals surface area contributed by atoms with E-state index in [1.807, 2.05) is 30.3 Å². The van der Waals surface area contributed by atoms with Crippen molar-refractivity contribution >= 4 is 46.1 Å². The molecule has 4 rings (SSSR count). The van der Waals surface area contributed by atoms with Crippen molar-refractivity contribution in [1.82, 2.24) is 0 Å². The third kappa shape index (κ3) is 2.46. The monoisotopic (exact) mass is 383 g/mol. The molecule has 0 amide bonds. The molecule has 0 atom stereocenters. The summed E-state index contributed by atoms with van der Waals surface area (Å²) in [4.78, 5) is 26.1. The topological polar surface area (TPSA) is 66.4 Å². The van der Waals surface area contributed by atoms with Crippen LogP contribution in [0.3, 0.4) is 0 Å². The number of halogens is 2. The highest BCUT2D eigenvalue weighted by molar-refractivity contribution is 6.44. The number of carbonyl (C=O) groups excluding carboxylic acids is 2. The molecule has 128 valence electrons. The van der Waals surface area contributed by atoms with E-state index in [2.05, 4.69) is 5.32 Å². The number of hydrogen-bond donors (Lipinski definition) is 2. The molecule has 0 unspecified atom stereocenters. The van der Waals surface area contributed by atoms with Gasteiger partial charge >= 0.3 is 0 Å². The molecular formula is C20H11Cl2NO3. The van der Waals surface area contributed by atoms with E-state index in [1.54, 1.807) is 6.07 Å². The van der Waals surface area contributed by atoms with E-state index in [0.29, 0.717) is 5.69 Å². The van der Waals surface area contributed by atoms with Gasteiger partial charge in [-0.15, -0.1) is 0 Å². The average molecular weight is 384 g/mol. The highest BCUT2D eigenvalue weighted by Crippen LogP contribution is 2.42. The summed E-state index contributed by atoms with van der Waals surface area (Å²) in [6.07, 6.45) is 0. The Bertz CT molecular complexity index is 1080. The highest BCUT2D eigenvalue weighted by atomic mass is 35.5. The largest absolute Gasteiger partial charge is 0.507 e. The van der Waals surface area contributed by atoms with Crippen LogP contribution in [0, 0.1) is 0 Å². The molecule has 1 aliphatic carbocycles. The average Bonchev–Trinajstić information content (AvgIpc) is 2.63. The SMILES string of the molecule is O=C1c2c(O)ccc(Nc3ccccc3)c2C(=O)c2c(Cl)ccc(Cl)c21. The first-order valence-electron chi connectivity index (χ1n) is 7.74. The van der Waals surface area contributed by atoms with Crippen LogP contribution >= 0.6 is 23.2 Å². The molecule has 0 aromatic heterocycles. The Labute approximate surface area is 159 Å². The van der Waals surface area contributed by atoms with Gasteiger partial charge in [0, 0.05) is 5.69 Å². The number of aromatic hydroxyl groups is 1. The number of ketones is 2. The lowest BCUT2D eigenvalue weighted by atomic mass is 9.82. The van der Waals surface area contributed by atoms with E-state index in [4.69, 9.17) is 23.2 Å². The molecule has 0 spiro atoms. The van der Waals surface area contributed by atoms with Crippen LogP contribution in [-0.2, 0) is 0 Å². The third-order valence-corrected chi connectivity index (χ3v) is 4.88. The number of para-hydroxylation sites is 1. The van der Waals surface area contributed by atoms with Gasteiger partial charge in [0.05, 0.1) is 38.0 Å². The molecule has 3 aromatic carbocycles. The quantitative estimate of drug-likeness (QED) is 0.465. The van der Waals surface area contributed by atoms with Crippen molar-refractivity contribution in [2.75, 3.05) is 5.32 Å². The minimum absolute atomic E-state index is 0.0174. The predicted molar refractivity (Wildman–Crippen MR) is 101 cm³/mol. The minimum atomic E-state index is -0.531. The summed E-state index contributed by atoms with van der Waals surface area (Å²) in [5, 5.41) is 13.6. The standard InChI is InChI=1S/C20H11Cl2NO3/c21-11-6-7-12(22)16-15(11)19(25)17-13(23-10-4-2-1-3-5-10)8-9-14(24)18(17)20(16)26/h1-9,23-24H. The molecule has 6 heteroatoms. The van der Waals surface area contributed by atoms with E-state index in [0.717, 1.165) is 5.69 Å². The van der Waals surface area contributed by atoms with E-state index in [9.17, 15) is 14.7 Å². The van der Waals surface area contributed by atoms with E-state index in [1.165, 1.54) is 18.2 Å². The molecule has 0 saturated carbocycles. The number of carbonyl (C=O) groups is 2. The summed E-state index contributed by atoms with van der Waals surface area (Å²) in [7, 11) is 0. The fourth-order valence-corrected chi connectivity index (χ4v) is 3.57. The number of benzene rings is 3. The summed E-state index contributed by atoms with van der Waals surface area (Å²) < 4.78 is 0. The van der Waals surface area contributed by atoms with Crippen molar-refractivity contribution in [2.45, 2.75) is 0 Å². The second kappa shape index (κ2) is 6.16. The van der Waals surface area contributed by atoms with Crippen LogP contribution in [0.15, 0.2) is 54.6 Å². The predicted octanol–water partition coefficient (Wildman–Crippen LogP) is 5.22. The lowest BCUT2D eigenvalue weighted by Crippen LogP contribution is -2.23. The smallest absolute Gasteiger partial charge is 0.199 e. The lowest BCUT2D eigenvalue weighted by molar-refractivity contribution is 0.0977. The number of fused-ring (bicyclic) bond motifs is 2. The number of phenols is 1. The summed E-state index contributed by atoms with van der Waals surface area (Å²) >= 11 is 12.3. The maximum atomic E-state index is 13.1. The zero-order valence-corrected chi connectivity index (χ0v) is 14.7. The van der Waals surface area contributed by atoms with Gasteiger partial charge < -0.3 is 10.4 Å². The van der Waals surface area contributed by atoms with Crippen LogP contribution in [0.4, 0.5) is 11.4 Å². The van der Waals surface area contributed by atoms with Crippen molar-refractivity contribution in [3.05, 3.63) is 86.9 Å². The van der Waals surface area contributed by atoms with Gasteiger partial charge in [-0.25, -0.2) is 0 Å². The Morgan fingerprint density at radius 2 is 1.27 bits per heavy atom. The third-order valence-electron chi connectivity index (χ3n) is 4.25. The molecule has 0 fully saturated rings. The van der Waals surface area contributed by atoms with E-state index >= 15 is 0 Å². The number of anilines is 2. The molecule has 0 radical (unpaired) electrons. The summed E-state index contributed by atoms with van der Waals surface area (Å²) in [5.41, 5.74) is 1.22. The molecule has 0 aliphatic heterocycles. The van der Waals surface area contributed by atoms with Crippen LogP contribution < -0.4 is 5.32 Å². The van der Waals surface area contributed by atoms with Crippen molar-refractivity contribution < 1.29 is 14.7 Å². The number of rotatable bonds is 2. The summed E-state index contributed by atoms with van der Waals surface area (Å²) in [6.45, 7) is 0. The van der Waals surface area contributed by atoms with Gasteiger partial charge in [0.15, 0.2) is 11.6 Å². The first-order valence-corrected chi connectivity index (χ1v) is 8.50. The van der Waals surface area contributed by atoms with Crippen molar-refractivity contribution in [2.24, 2.45) is 0 Å². The molecule has 2 N–H and O–H groups in total. The van der Waals surface area contributed by atoms with Gasteiger partial charge in [-0.1, -0.05) is 41.4 Å². The molecule has 0 saturated heterocycles. The number of hydrogen-bond acceptors (Lipinski definition) is 4.